The second kappa shape index (κ2) is 3.92. The Morgan fingerprint density at radius 1 is 1.50 bits per heavy atom. The van der Waals surface area contributed by atoms with Crippen LogP contribution in [0.25, 0.3) is 10.9 Å². The zero-order chi connectivity index (χ0) is 11.7. The Bertz CT molecular complexity index is 545. The van der Waals surface area contributed by atoms with Gasteiger partial charge in [-0.15, -0.1) is 0 Å². The van der Waals surface area contributed by atoms with Gasteiger partial charge in [-0.1, -0.05) is 0 Å². The first-order valence-electron chi connectivity index (χ1n) is 5.09. The number of esters is 1. The first kappa shape index (κ1) is 10.6. The van der Waals surface area contributed by atoms with Crippen LogP contribution in [0.2, 0.25) is 0 Å². The summed E-state index contributed by atoms with van der Waals surface area (Å²) in [4.78, 5) is 15.7. The van der Waals surface area contributed by atoms with Crippen LogP contribution in [0, 0.1) is 6.92 Å². The van der Waals surface area contributed by atoms with Crippen LogP contribution in [0.15, 0.2) is 12.4 Å². The van der Waals surface area contributed by atoms with Gasteiger partial charge in [-0.3, -0.25) is 4.68 Å². The summed E-state index contributed by atoms with van der Waals surface area (Å²) in [5, 5.41) is 5.06. The number of carbonyl (C=O) groups is 1. The third-order valence-corrected chi connectivity index (χ3v) is 2.53. The minimum absolute atomic E-state index is 0.352. The van der Waals surface area contributed by atoms with E-state index in [0.29, 0.717) is 12.3 Å². The maximum atomic E-state index is 11.6. The number of ether oxygens (including phenoxy) is 1. The van der Waals surface area contributed by atoms with Gasteiger partial charge in [0.15, 0.2) is 5.69 Å². The van der Waals surface area contributed by atoms with Crippen molar-refractivity contribution in [2.75, 3.05) is 6.61 Å². The normalized spacial score (nSPS) is 10.7. The van der Waals surface area contributed by atoms with Gasteiger partial charge in [0.1, 0.15) is 0 Å². The third-order valence-electron chi connectivity index (χ3n) is 2.53. The molecule has 0 aromatic carbocycles. The van der Waals surface area contributed by atoms with Gasteiger partial charge < -0.3 is 4.74 Å². The van der Waals surface area contributed by atoms with Gasteiger partial charge in [0.25, 0.3) is 0 Å². The molecule has 0 N–H and O–H groups in total. The number of nitrogens with zero attached hydrogens (tertiary/aromatic N) is 3. The number of fused-ring (bicyclic) bond motifs is 1. The molecule has 84 valence electrons. The van der Waals surface area contributed by atoms with E-state index < -0.39 is 0 Å². The third kappa shape index (κ3) is 1.54. The fraction of sp³-hybridized carbons (Fsp3) is 0.364. The van der Waals surface area contributed by atoms with E-state index in [1.54, 1.807) is 24.0 Å². The molecule has 0 radical (unpaired) electrons. The Balaban J connectivity index is 2.56. The van der Waals surface area contributed by atoms with Crippen molar-refractivity contribution in [2.45, 2.75) is 13.8 Å². The molecular weight excluding hydrogens is 206 g/mol. The molecule has 0 amide bonds. The predicted molar refractivity (Wildman–Crippen MR) is 59.2 cm³/mol. The Labute approximate surface area is 93.0 Å². The summed E-state index contributed by atoms with van der Waals surface area (Å²) < 4.78 is 6.66. The summed E-state index contributed by atoms with van der Waals surface area (Å²) in [5.41, 5.74) is 2.08. The smallest absolute Gasteiger partial charge is 0.357 e. The molecular formula is C11H13N3O2. The van der Waals surface area contributed by atoms with Crippen LogP contribution in [0.1, 0.15) is 23.0 Å². The van der Waals surface area contributed by atoms with Crippen molar-refractivity contribution >= 4 is 16.9 Å². The van der Waals surface area contributed by atoms with E-state index in [1.807, 2.05) is 14.0 Å². The van der Waals surface area contributed by atoms with Crippen molar-refractivity contribution in [3.63, 3.8) is 0 Å². The van der Waals surface area contributed by atoms with Crippen LogP contribution >= 0.6 is 0 Å². The molecule has 16 heavy (non-hydrogen) atoms. The van der Waals surface area contributed by atoms with Crippen molar-refractivity contribution < 1.29 is 9.53 Å². The first-order chi connectivity index (χ1) is 7.65. The lowest BCUT2D eigenvalue weighted by molar-refractivity contribution is 0.0519. The Hall–Kier alpha value is -1.91. The molecule has 0 saturated heterocycles. The van der Waals surface area contributed by atoms with Gasteiger partial charge >= 0.3 is 5.97 Å². The molecule has 0 saturated carbocycles. The summed E-state index contributed by atoms with van der Waals surface area (Å²) in [5.74, 6) is -0.384. The van der Waals surface area contributed by atoms with Gasteiger partial charge in [-0.05, 0) is 19.4 Å². The highest BCUT2D eigenvalue weighted by atomic mass is 16.5. The molecule has 2 aromatic rings. The molecule has 0 aliphatic carbocycles. The lowest BCUT2D eigenvalue weighted by Gasteiger charge is -2.05. The number of pyridine rings is 1. The van der Waals surface area contributed by atoms with E-state index in [2.05, 4.69) is 10.1 Å². The summed E-state index contributed by atoms with van der Waals surface area (Å²) >= 11 is 0. The van der Waals surface area contributed by atoms with E-state index in [9.17, 15) is 4.79 Å². The number of rotatable bonds is 2. The first-order valence-corrected chi connectivity index (χ1v) is 5.09. The minimum atomic E-state index is -0.384. The highest BCUT2D eigenvalue weighted by molar-refractivity contribution is 5.95. The molecule has 2 rings (SSSR count). The molecule has 0 bridgehead atoms. The molecule has 0 aliphatic heterocycles. The lowest BCUT2D eigenvalue weighted by atomic mass is 10.1. The van der Waals surface area contributed by atoms with Gasteiger partial charge in [0, 0.05) is 12.4 Å². The molecule has 0 aliphatic rings. The van der Waals surface area contributed by atoms with Crippen molar-refractivity contribution in [1.29, 1.82) is 0 Å². The Kier molecular flexibility index (Phi) is 2.60. The number of hydrogen-bond donors (Lipinski definition) is 0. The average molecular weight is 219 g/mol. The van der Waals surface area contributed by atoms with Crippen LogP contribution in [-0.4, -0.2) is 27.3 Å². The number of aromatic nitrogens is 3. The second-order valence-electron chi connectivity index (χ2n) is 3.52. The van der Waals surface area contributed by atoms with Crippen LogP contribution in [0.3, 0.4) is 0 Å². The molecule has 2 heterocycles. The summed E-state index contributed by atoms with van der Waals surface area (Å²) in [6.07, 6.45) is 3.37. The highest BCUT2D eigenvalue weighted by Crippen LogP contribution is 2.19. The van der Waals surface area contributed by atoms with Crippen molar-refractivity contribution in [3.8, 4) is 0 Å². The van der Waals surface area contributed by atoms with Crippen molar-refractivity contribution in [1.82, 2.24) is 14.8 Å². The predicted octanol–water partition coefficient (Wildman–Crippen LogP) is 1.45. The van der Waals surface area contributed by atoms with E-state index in [1.165, 1.54) is 0 Å². The molecule has 0 atom stereocenters. The highest BCUT2D eigenvalue weighted by Gasteiger charge is 2.15. The van der Waals surface area contributed by atoms with E-state index in [-0.39, 0.29) is 5.97 Å². The van der Waals surface area contributed by atoms with Crippen LogP contribution < -0.4 is 0 Å². The monoisotopic (exact) mass is 219 g/mol. The van der Waals surface area contributed by atoms with E-state index in [0.717, 1.165) is 16.5 Å². The fourth-order valence-corrected chi connectivity index (χ4v) is 1.64. The van der Waals surface area contributed by atoms with Crippen LogP contribution in [0.5, 0.6) is 0 Å². The zero-order valence-corrected chi connectivity index (χ0v) is 9.52. The number of aryl methyl sites for hydroxylation is 2. The van der Waals surface area contributed by atoms with E-state index in [4.69, 9.17) is 4.74 Å². The fourth-order valence-electron chi connectivity index (χ4n) is 1.64. The summed E-state index contributed by atoms with van der Waals surface area (Å²) in [6, 6.07) is 0. The van der Waals surface area contributed by atoms with Gasteiger partial charge in [0.05, 0.1) is 24.5 Å². The van der Waals surface area contributed by atoms with Crippen LogP contribution in [0.4, 0.5) is 0 Å². The summed E-state index contributed by atoms with van der Waals surface area (Å²) in [6.45, 7) is 3.98. The van der Waals surface area contributed by atoms with E-state index >= 15 is 0 Å². The Morgan fingerprint density at radius 3 is 2.94 bits per heavy atom. The van der Waals surface area contributed by atoms with Crippen molar-refractivity contribution in [3.05, 3.63) is 23.7 Å². The van der Waals surface area contributed by atoms with Crippen LogP contribution in [-0.2, 0) is 11.8 Å². The zero-order valence-electron chi connectivity index (χ0n) is 9.52. The molecule has 2 aromatic heterocycles. The molecule has 5 heteroatoms. The number of hydrogen-bond acceptors (Lipinski definition) is 4. The Morgan fingerprint density at radius 2 is 2.25 bits per heavy atom. The maximum Gasteiger partial charge on any atom is 0.357 e. The molecule has 0 unspecified atom stereocenters. The van der Waals surface area contributed by atoms with Crippen molar-refractivity contribution in [2.24, 2.45) is 7.05 Å². The average Bonchev–Trinajstić information content (AvgIpc) is 2.62. The molecule has 0 fully saturated rings. The molecule has 0 spiro atoms. The quantitative estimate of drug-likeness (QED) is 0.717. The largest absolute Gasteiger partial charge is 0.461 e. The topological polar surface area (TPSA) is 57.0 Å². The SMILES string of the molecule is CCOC(=O)c1ncc2c(cnn2C)c1C. The second-order valence-corrected chi connectivity index (χ2v) is 3.52. The molecule has 5 nitrogen and oxygen atoms in total. The minimum Gasteiger partial charge on any atom is -0.461 e. The standard InChI is InChI=1S/C11H13N3O2/c1-4-16-11(15)10-7(2)8-5-13-14(3)9(8)6-12-10/h5-6H,4H2,1-3H3. The van der Waals surface area contributed by atoms with Gasteiger partial charge in [0.2, 0.25) is 0 Å². The number of carbonyl (C=O) groups excluding carboxylic acids is 1. The van der Waals surface area contributed by atoms with Gasteiger partial charge in [-0.2, -0.15) is 5.10 Å². The maximum absolute atomic E-state index is 11.6. The lowest BCUT2D eigenvalue weighted by Crippen LogP contribution is -2.09. The summed E-state index contributed by atoms with van der Waals surface area (Å²) in [7, 11) is 1.84. The van der Waals surface area contributed by atoms with Gasteiger partial charge in [-0.25, -0.2) is 9.78 Å².